The summed E-state index contributed by atoms with van der Waals surface area (Å²) in [6.45, 7) is 8.21. The summed E-state index contributed by atoms with van der Waals surface area (Å²) < 4.78 is 9.73. The minimum Gasteiger partial charge on any atom is -0.382 e. The number of fused-ring (bicyclic) bond motifs is 1. The van der Waals surface area contributed by atoms with Crippen molar-refractivity contribution in [1.29, 1.82) is 0 Å². The van der Waals surface area contributed by atoms with Gasteiger partial charge in [0.2, 0.25) is 5.91 Å². The van der Waals surface area contributed by atoms with Gasteiger partial charge in [-0.05, 0) is 30.9 Å². The molecule has 178 valence electrons. The number of aromatic nitrogens is 5. The number of primary amides is 1. The third-order valence-corrected chi connectivity index (χ3v) is 8.20. The fraction of sp³-hybridized carbons (Fsp3) is 0.565. The summed E-state index contributed by atoms with van der Waals surface area (Å²) in [5.74, 6) is 0.448. The molecule has 9 nitrogen and oxygen atoms in total. The maximum atomic E-state index is 11.8. The molecule has 1 fully saturated rings. The molecule has 1 atom stereocenters. The Morgan fingerprint density at radius 2 is 2.03 bits per heavy atom. The Balaban J connectivity index is 1.59. The molecule has 3 aromatic heterocycles. The summed E-state index contributed by atoms with van der Waals surface area (Å²) in [7, 11) is -1.13. The predicted molar refractivity (Wildman–Crippen MR) is 132 cm³/mol. The first-order chi connectivity index (χ1) is 15.7. The van der Waals surface area contributed by atoms with Crippen LogP contribution in [0.2, 0.25) is 25.7 Å². The van der Waals surface area contributed by atoms with Crippen molar-refractivity contribution in [2.75, 3.05) is 12.3 Å². The average Bonchev–Trinajstić information content (AvgIpc) is 3.49. The molecule has 0 radical (unpaired) electrons. The normalized spacial score (nSPS) is 16.0. The molecular formula is C23H35N7O2Si. The van der Waals surface area contributed by atoms with E-state index in [-0.39, 0.29) is 18.4 Å². The summed E-state index contributed by atoms with van der Waals surface area (Å²) in [5.41, 5.74) is 14.2. The van der Waals surface area contributed by atoms with Gasteiger partial charge in [0.25, 0.3) is 0 Å². The van der Waals surface area contributed by atoms with Crippen LogP contribution in [-0.2, 0) is 16.3 Å². The second kappa shape index (κ2) is 9.64. The van der Waals surface area contributed by atoms with E-state index in [1.807, 2.05) is 27.7 Å². The molecule has 0 spiro atoms. The predicted octanol–water partition coefficient (Wildman–Crippen LogP) is 3.80. The lowest BCUT2D eigenvalue weighted by atomic mass is 9.95. The van der Waals surface area contributed by atoms with Crippen molar-refractivity contribution in [3.8, 4) is 11.3 Å². The van der Waals surface area contributed by atoms with Crippen molar-refractivity contribution in [3.63, 3.8) is 0 Å². The molecular weight excluding hydrogens is 434 g/mol. The van der Waals surface area contributed by atoms with Gasteiger partial charge in [-0.3, -0.25) is 9.48 Å². The van der Waals surface area contributed by atoms with Crippen LogP contribution in [0.25, 0.3) is 22.3 Å². The molecule has 3 aromatic rings. The number of nitrogens with zero attached hydrogens (tertiary/aromatic N) is 5. The van der Waals surface area contributed by atoms with E-state index in [0.717, 1.165) is 47.8 Å². The molecule has 1 aliphatic rings. The SMILES string of the molecule is C[Si](C)(C)CCOCn1ccc2c(-c3cn(C(CC(N)=O)C4CCCC4)nc3N)ncnc21. The lowest BCUT2D eigenvalue weighted by Gasteiger charge is -2.22. The van der Waals surface area contributed by atoms with Crippen LogP contribution in [0.15, 0.2) is 24.8 Å². The van der Waals surface area contributed by atoms with Crippen LogP contribution in [0.4, 0.5) is 5.82 Å². The first kappa shape index (κ1) is 23.4. The smallest absolute Gasteiger partial charge is 0.219 e. The van der Waals surface area contributed by atoms with E-state index in [9.17, 15) is 4.79 Å². The van der Waals surface area contributed by atoms with Gasteiger partial charge >= 0.3 is 0 Å². The van der Waals surface area contributed by atoms with Gasteiger partial charge < -0.3 is 20.8 Å². The van der Waals surface area contributed by atoms with Gasteiger partial charge in [-0.1, -0.05) is 32.5 Å². The third kappa shape index (κ3) is 5.44. The number of hydrogen-bond donors (Lipinski definition) is 2. The van der Waals surface area contributed by atoms with Gasteiger partial charge in [0, 0.05) is 38.9 Å². The van der Waals surface area contributed by atoms with Crippen LogP contribution in [0.5, 0.6) is 0 Å². The minimum atomic E-state index is -1.13. The molecule has 1 saturated carbocycles. The summed E-state index contributed by atoms with van der Waals surface area (Å²) in [5, 5.41) is 5.47. The van der Waals surface area contributed by atoms with Crippen LogP contribution < -0.4 is 11.5 Å². The van der Waals surface area contributed by atoms with Crippen LogP contribution >= 0.6 is 0 Å². The molecule has 0 aliphatic heterocycles. The largest absolute Gasteiger partial charge is 0.382 e. The molecule has 0 aromatic carbocycles. The second-order valence-electron chi connectivity index (χ2n) is 10.3. The van der Waals surface area contributed by atoms with E-state index in [2.05, 4.69) is 34.7 Å². The fourth-order valence-corrected chi connectivity index (χ4v) is 5.40. The summed E-state index contributed by atoms with van der Waals surface area (Å²) >= 11 is 0. The Hall–Kier alpha value is -2.72. The van der Waals surface area contributed by atoms with Gasteiger partial charge in [-0.25, -0.2) is 9.97 Å². The number of nitrogen functional groups attached to an aromatic ring is 1. The van der Waals surface area contributed by atoms with Crippen molar-refractivity contribution in [2.45, 2.75) is 70.6 Å². The number of carbonyl (C=O) groups excluding carboxylic acids is 1. The van der Waals surface area contributed by atoms with Crippen LogP contribution in [0.1, 0.15) is 38.1 Å². The topological polar surface area (TPSA) is 127 Å². The van der Waals surface area contributed by atoms with Crippen molar-refractivity contribution < 1.29 is 9.53 Å². The molecule has 4 N–H and O–H groups in total. The lowest BCUT2D eigenvalue weighted by Crippen LogP contribution is -2.25. The van der Waals surface area contributed by atoms with Gasteiger partial charge in [-0.15, -0.1) is 0 Å². The minimum absolute atomic E-state index is 0.0808. The van der Waals surface area contributed by atoms with Crippen molar-refractivity contribution in [1.82, 2.24) is 24.3 Å². The Morgan fingerprint density at radius 1 is 1.27 bits per heavy atom. The van der Waals surface area contributed by atoms with Gasteiger partial charge in [-0.2, -0.15) is 5.10 Å². The highest BCUT2D eigenvalue weighted by Crippen LogP contribution is 2.38. The third-order valence-electron chi connectivity index (χ3n) is 6.49. The van der Waals surface area contributed by atoms with Crippen molar-refractivity contribution >= 4 is 30.8 Å². The standard InChI is InChI=1S/C23H35N7O2Si/c1-33(2,3)11-10-32-15-29-9-8-17-21(26-14-27-23(17)29)18-13-30(28-22(18)25)19(12-20(24)31)16-6-4-5-7-16/h8-9,13-14,16,19H,4-7,10-12,15H2,1-3H3,(H2,24,31)(H2,25,28). The number of amides is 1. The Morgan fingerprint density at radius 3 is 2.73 bits per heavy atom. The van der Waals surface area contributed by atoms with E-state index in [1.165, 1.54) is 12.8 Å². The van der Waals surface area contributed by atoms with Crippen molar-refractivity contribution in [2.24, 2.45) is 11.7 Å². The number of anilines is 1. The number of ether oxygens (including phenoxy) is 1. The van der Waals surface area contributed by atoms with E-state index < -0.39 is 8.07 Å². The summed E-state index contributed by atoms with van der Waals surface area (Å²) in [4.78, 5) is 20.8. The van der Waals surface area contributed by atoms with Gasteiger partial charge in [0.1, 0.15) is 18.7 Å². The van der Waals surface area contributed by atoms with Crippen LogP contribution in [-0.4, -0.2) is 44.9 Å². The zero-order valence-corrected chi connectivity index (χ0v) is 20.8. The first-order valence-corrected chi connectivity index (χ1v) is 15.4. The monoisotopic (exact) mass is 469 g/mol. The highest BCUT2D eigenvalue weighted by molar-refractivity contribution is 6.76. The highest BCUT2D eigenvalue weighted by atomic mass is 28.3. The summed E-state index contributed by atoms with van der Waals surface area (Å²) in [6.07, 6.45) is 10.2. The molecule has 3 heterocycles. The number of carbonyl (C=O) groups is 1. The van der Waals surface area contributed by atoms with E-state index in [0.29, 0.717) is 18.5 Å². The average molecular weight is 470 g/mol. The molecule has 1 amide bonds. The van der Waals surface area contributed by atoms with Crippen molar-refractivity contribution in [3.05, 3.63) is 24.8 Å². The number of rotatable bonds is 10. The zero-order valence-electron chi connectivity index (χ0n) is 19.8. The van der Waals surface area contributed by atoms with E-state index >= 15 is 0 Å². The van der Waals surface area contributed by atoms with Crippen LogP contribution in [0, 0.1) is 5.92 Å². The number of hydrogen-bond acceptors (Lipinski definition) is 6. The Labute approximate surface area is 195 Å². The molecule has 33 heavy (non-hydrogen) atoms. The molecule has 0 saturated heterocycles. The maximum absolute atomic E-state index is 11.8. The Kier molecular flexibility index (Phi) is 6.85. The second-order valence-corrected chi connectivity index (χ2v) is 15.9. The molecule has 10 heteroatoms. The van der Waals surface area contributed by atoms with Gasteiger partial charge in [0.15, 0.2) is 5.82 Å². The van der Waals surface area contributed by atoms with E-state index in [1.54, 1.807) is 6.33 Å². The highest BCUT2D eigenvalue weighted by Gasteiger charge is 2.29. The molecule has 0 bridgehead atoms. The number of nitrogens with two attached hydrogens (primary N) is 2. The quantitative estimate of drug-likeness (QED) is 0.343. The van der Waals surface area contributed by atoms with Gasteiger partial charge in [0.05, 0.1) is 17.3 Å². The van der Waals surface area contributed by atoms with Crippen LogP contribution in [0.3, 0.4) is 0 Å². The fourth-order valence-electron chi connectivity index (χ4n) is 4.65. The zero-order chi connectivity index (χ0) is 23.6. The maximum Gasteiger partial charge on any atom is 0.219 e. The molecule has 1 unspecified atom stereocenters. The van der Waals surface area contributed by atoms with E-state index in [4.69, 9.17) is 16.2 Å². The molecule has 1 aliphatic carbocycles. The summed E-state index contributed by atoms with van der Waals surface area (Å²) in [6, 6.07) is 3.03. The Bertz CT molecular complexity index is 1110. The lowest BCUT2D eigenvalue weighted by molar-refractivity contribution is -0.119. The molecule has 4 rings (SSSR count). The first-order valence-electron chi connectivity index (χ1n) is 11.7.